The van der Waals surface area contributed by atoms with Crippen LogP contribution in [-0.4, -0.2) is 48.1 Å². The standard InChI is InChI=1S/C15H19N3O3/c19-14(16-21-15(20)17-8-4-5-9-17)18-10-13(11-18)12-6-2-1-3-7-12/h1-3,6-7,13H,4-5,8-11H2,(H,16,19). The molecule has 0 bridgehead atoms. The van der Waals surface area contributed by atoms with Crippen molar-refractivity contribution in [2.45, 2.75) is 18.8 Å². The Kier molecular flexibility index (Phi) is 3.94. The fraction of sp³-hybridized carbons (Fsp3) is 0.467. The molecule has 1 aromatic carbocycles. The van der Waals surface area contributed by atoms with Crippen molar-refractivity contribution >= 4 is 12.1 Å². The van der Waals surface area contributed by atoms with Crippen LogP contribution < -0.4 is 5.48 Å². The number of hydrogen-bond acceptors (Lipinski definition) is 3. The number of carbonyl (C=O) groups is 2. The molecule has 1 aromatic rings. The Bertz CT molecular complexity index is 508. The molecule has 0 aliphatic carbocycles. The molecular formula is C15H19N3O3. The molecule has 0 unspecified atom stereocenters. The molecule has 3 amide bonds. The van der Waals surface area contributed by atoms with E-state index in [0.717, 1.165) is 12.8 Å². The van der Waals surface area contributed by atoms with E-state index in [1.54, 1.807) is 9.80 Å². The highest BCUT2D eigenvalue weighted by Crippen LogP contribution is 2.26. The second-order valence-corrected chi connectivity index (χ2v) is 5.48. The second kappa shape index (κ2) is 6.03. The van der Waals surface area contributed by atoms with E-state index >= 15 is 0 Å². The Morgan fingerprint density at radius 2 is 1.71 bits per heavy atom. The van der Waals surface area contributed by atoms with Crippen LogP contribution in [0.3, 0.4) is 0 Å². The Labute approximate surface area is 123 Å². The van der Waals surface area contributed by atoms with Gasteiger partial charge in [0.15, 0.2) is 0 Å². The molecule has 2 heterocycles. The van der Waals surface area contributed by atoms with Crippen molar-refractivity contribution in [3.05, 3.63) is 35.9 Å². The van der Waals surface area contributed by atoms with Gasteiger partial charge in [0.25, 0.3) is 0 Å². The van der Waals surface area contributed by atoms with Gasteiger partial charge < -0.3 is 14.6 Å². The first-order valence-corrected chi connectivity index (χ1v) is 7.29. The molecule has 2 aliphatic rings. The van der Waals surface area contributed by atoms with E-state index in [1.165, 1.54) is 5.56 Å². The molecule has 0 radical (unpaired) electrons. The molecule has 0 saturated carbocycles. The van der Waals surface area contributed by atoms with Gasteiger partial charge in [-0.25, -0.2) is 9.59 Å². The lowest BCUT2D eigenvalue weighted by molar-refractivity contribution is 0.0532. The van der Waals surface area contributed by atoms with Gasteiger partial charge in [0.2, 0.25) is 0 Å². The third-order valence-corrected chi connectivity index (χ3v) is 4.03. The quantitative estimate of drug-likeness (QED) is 0.804. The monoisotopic (exact) mass is 289 g/mol. The molecule has 21 heavy (non-hydrogen) atoms. The maximum Gasteiger partial charge on any atom is 0.434 e. The molecule has 0 aromatic heterocycles. The Morgan fingerprint density at radius 3 is 2.38 bits per heavy atom. The summed E-state index contributed by atoms with van der Waals surface area (Å²) >= 11 is 0. The molecule has 6 heteroatoms. The number of amides is 3. The van der Waals surface area contributed by atoms with Crippen LogP contribution in [0.25, 0.3) is 0 Å². The van der Waals surface area contributed by atoms with Crippen molar-refractivity contribution in [2.75, 3.05) is 26.2 Å². The van der Waals surface area contributed by atoms with Crippen LogP contribution >= 0.6 is 0 Å². The Morgan fingerprint density at radius 1 is 1.05 bits per heavy atom. The number of hydroxylamine groups is 1. The first-order chi connectivity index (χ1) is 10.2. The van der Waals surface area contributed by atoms with E-state index in [0.29, 0.717) is 32.1 Å². The fourth-order valence-electron chi connectivity index (χ4n) is 2.70. The van der Waals surface area contributed by atoms with E-state index in [4.69, 9.17) is 4.84 Å². The Balaban J connectivity index is 1.40. The smallest absolute Gasteiger partial charge is 0.321 e. The highest BCUT2D eigenvalue weighted by Gasteiger charge is 2.32. The third-order valence-electron chi connectivity index (χ3n) is 4.03. The van der Waals surface area contributed by atoms with Crippen molar-refractivity contribution in [3.8, 4) is 0 Å². The van der Waals surface area contributed by atoms with Crippen molar-refractivity contribution in [1.82, 2.24) is 15.3 Å². The fourth-order valence-corrected chi connectivity index (χ4v) is 2.70. The van der Waals surface area contributed by atoms with Crippen LogP contribution in [0.1, 0.15) is 24.3 Å². The molecule has 2 aliphatic heterocycles. The number of benzene rings is 1. The number of hydrogen-bond donors (Lipinski definition) is 1. The molecular weight excluding hydrogens is 270 g/mol. The van der Waals surface area contributed by atoms with Crippen LogP contribution in [0.15, 0.2) is 30.3 Å². The highest BCUT2D eigenvalue weighted by molar-refractivity contribution is 5.77. The number of nitrogens with one attached hydrogen (secondary N) is 1. The summed E-state index contributed by atoms with van der Waals surface area (Å²) in [5.41, 5.74) is 3.46. The lowest BCUT2D eigenvalue weighted by atomic mass is 9.92. The van der Waals surface area contributed by atoms with E-state index in [-0.39, 0.29) is 6.03 Å². The molecule has 2 fully saturated rings. The van der Waals surface area contributed by atoms with E-state index in [1.807, 2.05) is 18.2 Å². The topological polar surface area (TPSA) is 61.9 Å². The summed E-state index contributed by atoms with van der Waals surface area (Å²) in [4.78, 5) is 31.5. The van der Waals surface area contributed by atoms with Gasteiger partial charge in [-0.05, 0) is 18.4 Å². The van der Waals surface area contributed by atoms with E-state index < -0.39 is 6.09 Å². The summed E-state index contributed by atoms with van der Waals surface area (Å²) in [6, 6.07) is 9.74. The largest absolute Gasteiger partial charge is 0.434 e. The second-order valence-electron chi connectivity index (χ2n) is 5.48. The van der Waals surface area contributed by atoms with Gasteiger partial charge in [-0.2, -0.15) is 5.48 Å². The van der Waals surface area contributed by atoms with Gasteiger partial charge in [-0.1, -0.05) is 30.3 Å². The summed E-state index contributed by atoms with van der Waals surface area (Å²) in [6.07, 6.45) is 1.52. The van der Waals surface area contributed by atoms with Gasteiger partial charge in [0.1, 0.15) is 0 Å². The zero-order valence-corrected chi connectivity index (χ0v) is 11.8. The zero-order valence-electron chi connectivity index (χ0n) is 11.8. The summed E-state index contributed by atoms with van der Waals surface area (Å²) in [6.45, 7) is 2.71. The number of nitrogens with zero attached hydrogens (tertiary/aromatic N) is 2. The Hall–Kier alpha value is -2.24. The predicted octanol–water partition coefficient (Wildman–Crippen LogP) is 1.94. The maximum absolute atomic E-state index is 11.8. The van der Waals surface area contributed by atoms with Gasteiger partial charge in [0, 0.05) is 32.1 Å². The molecule has 0 atom stereocenters. The molecule has 3 rings (SSSR count). The first-order valence-electron chi connectivity index (χ1n) is 7.29. The van der Waals surface area contributed by atoms with Crippen molar-refractivity contribution in [2.24, 2.45) is 0 Å². The summed E-state index contributed by atoms with van der Waals surface area (Å²) in [5, 5.41) is 0. The maximum atomic E-state index is 11.8. The number of carbonyl (C=O) groups excluding carboxylic acids is 2. The lowest BCUT2D eigenvalue weighted by Gasteiger charge is -2.39. The average molecular weight is 289 g/mol. The van der Waals surface area contributed by atoms with Gasteiger partial charge >= 0.3 is 12.1 Å². The third kappa shape index (κ3) is 3.09. The number of urea groups is 1. The molecule has 6 nitrogen and oxygen atoms in total. The normalized spacial score (nSPS) is 18.3. The van der Waals surface area contributed by atoms with Crippen molar-refractivity contribution < 1.29 is 14.4 Å². The molecule has 0 spiro atoms. The zero-order chi connectivity index (χ0) is 14.7. The van der Waals surface area contributed by atoms with Crippen LogP contribution in [-0.2, 0) is 4.84 Å². The predicted molar refractivity (Wildman–Crippen MR) is 76.6 cm³/mol. The van der Waals surface area contributed by atoms with Crippen LogP contribution in [0.5, 0.6) is 0 Å². The summed E-state index contributed by atoms with van der Waals surface area (Å²) in [7, 11) is 0. The van der Waals surface area contributed by atoms with E-state index in [9.17, 15) is 9.59 Å². The van der Waals surface area contributed by atoms with Crippen LogP contribution in [0.4, 0.5) is 9.59 Å². The summed E-state index contributed by atoms with van der Waals surface area (Å²) < 4.78 is 0. The average Bonchev–Trinajstić information content (AvgIpc) is 2.98. The number of rotatable bonds is 1. The van der Waals surface area contributed by atoms with Crippen molar-refractivity contribution in [3.63, 3.8) is 0 Å². The van der Waals surface area contributed by atoms with Crippen LogP contribution in [0, 0.1) is 0 Å². The molecule has 112 valence electrons. The summed E-state index contributed by atoms with van der Waals surface area (Å²) in [5.74, 6) is 0.367. The minimum Gasteiger partial charge on any atom is -0.321 e. The van der Waals surface area contributed by atoms with Gasteiger partial charge in [-0.3, -0.25) is 0 Å². The van der Waals surface area contributed by atoms with Crippen molar-refractivity contribution in [1.29, 1.82) is 0 Å². The minimum absolute atomic E-state index is 0.352. The molecule has 1 N–H and O–H groups in total. The lowest BCUT2D eigenvalue weighted by Crippen LogP contribution is -2.53. The first kappa shape index (κ1) is 13.7. The highest BCUT2D eigenvalue weighted by atomic mass is 16.7. The molecule has 2 saturated heterocycles. The van der Waals surface area contributed by atoms with Gasteiger partial charge in [0.05, 0.1) is 0 Å². The number of likely N-dealkylation sites (tertiary alicyclic amines) is 2. The minimum atomic E-state index is -0.471. The van der Waals surface area contributed by atoms with Gasteiger partial charge in [-0.15, -0.1) is 0 Å². The SMILES string of the molecule is O=C(NOC(=O)N1CCCC1)N1CC(c2ccccc2)C1. The van der Waals surface area contributed by atoms with E-state index in [2.05, 4.69) is 17.6 Å². The van der Waals surface area contributed by atoms with Crippen LogP contribution in [0.2, 0.25) is 0 Å².